The van der Waals surface area contributed by atoms with E-state index in [0.29, 0.717) is 24.3 Å². The Morgan fingerprint density at radius 1 is 1.55 bits per heavy atom. The number of nitrogens with zero attached hydrogens (tertiary/aromatic N) is 1. The van der Waals surface area contributed by atoms with Gasteiger partial charge in [-0.3, -0.25) is 10.6 Å². The van der Waals surface area contributed by atoms with Crippen LogP contribution in [0.2, 0.25) is 0 Å². The Morgan fingerprint density at radius 2 is 2.25 bits per heavy atom. The van der Waals surface area contributed by atoms with E-state index in [1.165, 1.54) is 0 Å². The number of nitrogens with one attached hydrogen (secondary N) is 1. The molecule has 6 heteroatoms. The van der Waals surface area contributed by atoms with Crippen LogP contribution in [0.25, 0.3) is 0 Å². The minimum absolute atomic E-state index is 0.107. The van der Waals surface area contributed by atoms with Gasteiger partial charge in [0.2, 0.25) is 0 Å². The van der Waals surface area contributed by atoms with Crippen LogP contribution in [0.3, 0.4) is 0 Å². The first kappa shape index (κ1) is 14.8. The first-order valence-corrected chi connectivity index (χ1v) is 6.60. The second-order valence-corrected chi connectivity index (χ2v) is 5.56. The normalized spacial score (nSPS) is 21.6. The molecule has 0 bridgehead atoms. The van der Waals surface area contributed by atoms with Crippen molar-refractivity contribution in [3.8, 4) is 0 Å². The smallest absolute Gasteiger partial charge is 0.256 e. The van der Waals surface area contributed by atoms with Gasteiger partial charge in [0, 0.05) is 13.1 Å². The molecule has 0 radical (unpaired) electrons. The van der Waals surface area contributed by atoms with Crippen LogP contribution in [0.4, 0.5) is 5.69 Å². The zero-order valence-electron chi connectivity index (χ0n) is 11.8. The summed E-state index contributed by atoms with van der Waals surface area (Å²) in [5, 5.41) is 9.30. The molecule has 1 aliphatic heterocycles. The number of anilines is 1. The topological polar surface area (TPSA) is 87.8 Å². The number of morpholine rings is 1. The van der Waals surface area contributed by atoms with Crippen LogP contribution in [-0.2, 0) is 4.74 Å². The predicted molar refractivity (Wildman–Crippen MR) is 76.2 cm³/mol. The van der Waals surface area contributed by atoms with Crippen molar-refractivity contribution >= 4 is 11.6 Å². The van der Waals surface area contributed by atoms with Gasteiger partial charge in [-0.25, -0.2) is 0 Å². The molecule has 1 unspecified atom stereocenters. The number of ether oxygens (including phenoxy) is 1. The Hall–Kier alpha value is -1.63. The number of aliphatic hydroxyl groups excluding tert-OH is 1. The Labute approximate surface area is 118 Å². The molecule has 1 saturated heterocycles. The molecule has 1 atom stereocenters. The van der Waals surface area contributed by atoms with E-state index in [4.69, 9.17) is 10.6 Å². The van der Waals surface area contributed by atoms with E-state index in [9.17, 15) is 9.90 Å². The number of nitrogens with two attached hydrogens (primary N) is 1. The summed E-state index contributed by atoms with van der Waals surface area (Å²) in [5.41, 5.74) is 3.16. The first-order chi connectivity index (χ1) is 9.46. The number of hydrogen-bond donors (Lipinski definition) is 3. The third-order valence-electron chi connectivity index (χ3n) is 3.29. The molecule has 20 heavy (non-hydrogen) atoms. The van der Waals surface area contributed by atoms with Crippen LogP contribution in [0, 0.1) is 0 Å². The highest BCUT2D eigenvalue weighted by atomic mass is 16.5. The van der Waals surface area contributed by atoms with Crippen molar-refractivity contribution in [1.29, 1.82) is 0 Å². The fourth-order valence-corrected chi connectivity index (χ4v) is 2.51. The summed E-state index contributed by atoms with van der Waals surface area (Å²) < 4.78 is 5.71. The lowest BCUT2D eigenvalue weighted by Gasteiger charge is -2.42. The predicted octanol–water partition coefficient (Wildman–Crippen LogP) is 0.584. The van der Waals surface area contributed by atoms with Gasteiger partial charge in [-0.15, -0.1) is 0 Å². The molecular weight excluding hydrogens is 258 g/mol. The Bertz CT molecular complexity index is 490. The molecule has 1 aromatic rings. The number of benzene rings is 1. The van der Waals surface area contributed by atoms with E-state index in [2.05, 4.69) is 5.43 Å². The lowest BCUT2D eigenvalue weighted by atomic mass is 10.0. The van der Waals surface area contributed by atoms with E-state index in [1.807, 2.05) is 19.9 Å². The Balaban J connectivity index is 2.23. The van der Waals surface area contributed by atoms with Crippen LogP contribution in [-0.4, -0.2) is 47.3 Å². The Morgan fingerprint density at radius 3 is 2.90 bits per heavy atom. The maximum absolute atomic E-state index is 12.6. The number of carbonyl (C=O) groups is 1. The number of hydrogen-bond acceptors (Lipinski definition) is 5. The van der Waals surface area contributed by atoms with Gasteiger partial charge >= 0.3 is 0 Å². The van der Waals surface area contributed by atoms with Crippen molar-refractivity contribution < 1.29 is 14.6 Å². The molecule has 0 saturated carbocycles. The molecule has 110 valence electrons. The number of para-hydroxylation sites is 1. The van der Waals surface area contributed by atoms with E-state index >= 15 is 0 Å². The van der Waals surface area contributed by atoms with Crippen LogP contribution in [0.15, 0.2) is 24.3 Å². The maximum atomic E-state index is 12.6. The third-order valence-corrected chi connectivity index (χ3v) is 3.29. The van der Waals surface area contributed by atoms with E-state index < -0.39 is 5.60 Å². The molecule has 4 N–H and O–H groups in total. The summed E-state index contributed by atoms with van der Waals surface area (Å²) in [6, 6.07) is 7.09. The largest absolute Gasteiger partial charge is 0.394 e. The van der Waals surface area contributed by atoms with Crippen molar-refractivity contribution in [3.05, 3.63) is 29.8 Å². The van der Waals surface area contributed by atoms with Gasteiger partial charge in [-0.05, 0) is 26.0 Å². The van der Waals surface area contributed by atoms with Crippen LogP contribution in [0.1, 0.15) is 24.2 Å². The number of hydrazine groups is 1. The van der Waals surface area contributed by atoms with Gasteiger partial charge in [-0.1, -0.05) is 12.1 Å². The van der Waals surface area contributed by atoms with Gasteiger partial charge < -0.3 is 20.2 Å². The summed E-state index contributed by atoms with van der Waals surface area (Å²) in [4.78, 5) is 14.3. The zero-order chi connectivity index (χ0) is 14.8. The van der Waals surface area contributed by atoms with Gasteiger partial charge in [0.25, 0.3) is 5.91 Å². The average molecular weight is 279 g/mol. The SMILES string of the molecule is CC1(C)CN(C(=O)c2ccccc2NN)CC(CO)O1. The quantitative estimate of drug-likeness (QED) is 0.556. The van der Waals surface area contributed by atoms with E-state index in [0.717, 1.165) is 0 Å². The second-order valence-electron chi connectivity index (χ2n) is 5.56. The van der Waals surface area contributed by atoms with Crippen LogP contribution >= 0.6 is 0 Å². The summed E-state index contributed by atoms with van der Waals surface area (Å²) in [7, 11) is 0. The highest BCUT2D eigenvalue weighted by Gasteiger charge is 2.36. The second kappa shape index (κ2) is 5.78. The van der Waals surface area contributed by atoms with Gasteiger partial charge in [0.15, 0.2) is 0 Å². The highest BCUT2D eigenvalue weighted by Crippen LogP contribution is 2.24. The lowest BCUT2D eigenvalue weighted by molar-refractivity contribution is -0.139. The first-order valence-electron chi connectivity index (χ1n) is 6.60. The molecule has 1 aromatic carbocycles. The highest BCUT2D eigenvalue weighted by molar-refractivity contribution is 5.99. The molecular formula is C14H21N3O3. The van der Waals surface area contributed by atoms with Crippen LogP contribution < -0.4 is 11.3 Å². The molecule has 2 rings (SSSR count). The van der Waals surface area contributed by atoms with Crippen molar-refractivity contribution in [1.82, 2.24) is 4.90 Å². The fraction of sp³-hybridized carbons (Fsp3) is 0.500. The molecule has 6 nitrogen and oxygen atoms in total. The molecule has 1 fully saturated rings. The molecule has 0 aromatic heterocycles. The molecule has 1 aliphatic rings. The van der Waals surface area contributed by atoms with Crippen molar-refractivity contribution in [2.24, 2.45) is 5.84 Å². The summed E-state index contributed by atoms with van der Waals surface area (Å²) in [6.07, 6.45) is -0.360. The van der Waals surface area contributed by atoms with Crippen molar-refractivity contribution in [2.75, 3.05) is 25.1 Å². The molecule has 1 amide bonds. The fourth-order valence-electron chi connectivity index (χ4n) is 2.51. The minimum atomic E-state index is -0.480. The van der Waals surface area contributed by atoms with E-state index in [-0.39, 0.29) is 18.6 Å². The van der Waals surface area contributed by atoms with Crippen molar-refractivity contribution in [2.45, 2.75) is 25.6 Å². The minimum Gasteiger partial charge on any atom is -0.394 e. The van der Waals surface area contributed by atoms with Gasteiger partial charge in [0.05, 0.1) is 29.6 Å². The van der Waals surface area contributed by atoms with E-state index in [1.54, 1.807) is 23.1 Å². The number of nitrogen functional groups attached to an aromatic ring is 1. The molecule has 0 spiro atoms. The molecule has 0 aliphatic carbocycles. The van der Waals surface area contributed by atoms with Crippen LogP contribution in [0.5, 0.6) is 0 Å². The Kier molecular flexibility index (Phi) is 4.27. The number of amides is 1. The maximum Gasteiger partial charge on any atom is 0.256 e. The monoisotopic (exact) mass is 279 g/mol. The molecule has 1 heterocycles. The zero-order valence-corrected chi connectivity index (χ0v) is 11.8. The third kappa shape index (κ3) is 3.09. The number of carbonyl (C=O) groups excluding carboxylic acids is 1. The number of rotatable bonds is 3. The van der Waals surface area contributed by atoms with Crippen molar-refractivity contribution in [3.63, 3.8) is 0 Å². The standard InChI is InChI=1S/C14H21N3O3/c1-14(2)9-17(7-10(8-18)20-14)13(19)11-5-3-4-6-12(11)16-15/h3-6,10,16,18H,7-9,15H2,1-2H3. The van der Waals surface area contributed by atoms with Gasteiger partial charge in [-0.2, -0.15) is 0 Å². The lowest BCUT2D eigenvalue weighted by Crippen LogP contribution is -2.55. The summed E-state index contributed by atoms with van der Waals surface area (Å²) >= 11 is 0. The summed E-state index contributed by atoms with van der Waals surface area (Å²) in [6.45, 7) is 4.55. The summed E-state index contributed by atoms with van der Waals surface area (Å²) in [5.74, 6) is 5.32. The van der Waals surface area contributed by atoms with Gasteiger partial charge in [0.1, 0.15) is 0 Å². The number of aliphatic hydroxyl groups is 1. The average Bonchev–Trinajstić information content (AvgIpc) is 2.44.